The van der Waals surface area contributed by atoms with Gasteiger partial charge < -0.3 is 4.74 Å². The lowest BCUT2D eigenvalue weighted by Gasteiger charge is -2.55. The molecule has 0 N–H and O–H groups in total. The SMILES string of the molecule is CC(CC(S(=O)(=O)C(F)(F)F)S(=O)(=O)C(F)(F)F)OC(=O)C12CC3CC(CC(C3)C1)C2. The Morgan fingerprint density at radius 3 is 1.55 bits per heavy atom. The van der Waals surface area contributed by atoms with Gasteiger partial charge in [0.05, 0.1) is 5.41 Å². The van der Waals surface area contributed by atoms with E-state index in [1.165, 1.54) is 0 Å². The van der Waals surface area contributed by atoms with Gasteiger partial charge in [0.15, 0.2) is 4.58 Å². The molecular weight excluding hydrogens is 478 g/mol. The Morgan fingerprint density at radius 2 is 1.23 bits per heavy atom. The molecule has 4 aliphatic carbocycles. The van der Waals surface area contributed by atoms with Crippen LogP contribution in [0, 0.1) is 23.2 Å². The van der Waals surface area contributed by atoms with E-state index in [9.17, 15) is 48.0 Å². The number of carbonyl (C=O) groups excluding carboxylic acids is 1. The van der Waals surface area contributed by atoms with Crippen molar-refractivity contribution in [2.24, 2.45) is 23.2 Å². The fraction of sp³-hybridized carbons (Fsp3) is 0.941. The third kappa shape index (κ3) is 4.30. The minimum absolute atomic E-state index is 0.290. The summed E-state index contributed by atoms with van der Waals surface area (Å²) in [5.74, 6) is 0.0564. The summed E-state index contributed by atoms with van der Waals surface area (Å²) in [5, 5.41) is 0. The third-order valence-electron chi connectivity index (χ3n) is 6.64. The van der Waals surface area contributed by atoms with Crippen molar-refractivity contribution in [3.63, 3.8) is 0 Å². The molecule has 31 heavy (non-hydrogen) atoms. The molecule has 0 aliphatic heterocycles. The van der Waals surface area contributed by atoms with Gasteiger partial charge in [-0.2, -0.15) is 26.3 Å². The van der Waals surface area contributed by atoms with Crippen molar-refractivity contribution in [2.45, 2.75) is 73.6 Å². The van der Waals surface area contributed by atoms with E-state index in [4.69, 9.17) is 4.74 Å². The maximum atomic E-state index is 12.9. The van der Waals surface area contributed by atoms with Crippen molar-refractivity contribution in [1.82, 2.24) is 0 Å². The molecule has 4 saturated carbocycles. The highest BCUT2D eigenvalue weighted by Gasteiger charge is 2.63. The van der Waals surface area contributed by atoms with Crippen LogP contribution < -0.4 is 0 Å². The number of halogens is 6. The Balaban J connectivity index is 1.81. The number of alkyl halides is 6. The molecule has 6 nitrogen and oxygen atoms in total. The lowest BCUT2D eigenvalue weighted by Crippen LogP contribution is -2.51. The van der Waals surface area contributed by atoms with Crippen molar-refractivity contribution in [1.29, 1.82) is 0 Å². The summed E-state index contributed by atoms with van der Waals surface area (Å²) in [6.45, 7) is 0.892. The van der Waals surface area contributed by atoms with Gasteiger partial charge in [-0.1, -0.05) is 0 Å². The Labute approximate surface area is 175 Å². The molecule has 0 heterocycles. The molecule has 4 rings (SSSR count). The number of hydrogen-bond acceptors (Lipinski definition) is 6. The molecule has 0 radical (unpaired) electrons. The summed E-state index contributed by atoms with van der Waals surface area (Å²) in [4.78, 5) is 12.8. The van der Waals surface area contributed by atoms with Gasteiger partial charge in [0.2, 0.25) is 0 Å². The molecule has 1 unspecified atom stereocenters. The van der Waals surface area contributed by atoms with E-state index >= 15 is 0 Å². The van der Waals surface area contributed by atoms with Gasteiger partial charge in [-0.25, -0.2) is 16.8 Å². The second-order valence-corrected chi connectivity index (χ2v) is 13.6. The van der Waals surface area contributed by atoms with Crippen LogP contribution in [0.2, 0.25) is 0 Å². The van der Waals surface area contributed by atoms with E-state index in [0.29, 0.717) is 19.3 Å². The van der Waals surface area contributed by atoms with Crippen LogP contribution in [0.1, 0.15) is 51.9 Å². The van der Waals surface area contributed by atoms with Crippen molar-refractivity contribution in [3.8, 4) is 0 Å². The van der Waals surface area contributed by atoms with Crippen molar-refractivity contribution in [3.05, 3.63) is 0 Å². The summed E-state index contributed by atoms with van der Waals surface area (Å²) in [5.41, 5.74) is -13.4. The molecule has 0 aromatic rings. The van der Waals surface area contributed by atoms with E-state index < -0.39 is 59.2 Å². The largest absolute Gasteiger partial charge is 0.498 e. The van der Waals surface area contributed by atoms with Gasteiger partial charge in [0, 0.05) is 6.42 Å². The van der Waals surface area contributed by atoms with Gasteiger partial charge >= 0.3 is 17.0 Å². The van der Waals surface area contributed by atoms with Gasteiger partial charge in [-0.15, -0.1) is 0 Å². The zero-order valence-electron chi connectivity index (χ0n) is 16.4. The first-order valence-electron chi connectivity index (χ1n) is 9.70. The molecular formula is C17H22F6O6S2. The number of carbonyl (C=O) groups is 1. The van der Waals surface area contributed by atoms with Crippen molar-refractivity contribution >= 4 is 25.6 Å². The summed E-state index contributed by atoms with van der Waals surface area (Å²) in [6.07, 6.45) is 0.885. The van der Waals surface area contributed by atoms with Gasteiger partial charge in [-0.05, 0) is 63.2 Å². The smallest absolute Gasteiger partial charge is 0.462 e. The first-order valence-corrected chi connectivity index (χ1v) is 12.8. The Morgan fingerprint density at radius 1 is 0.871 bits per heavy atom. The monoisotopic (exact) mass is 500 g/mol. The molecule has 0 aromatic heterocycles. The lowest BCUT2D eigenvalue weighted by molar-refractivity contribution is -0.176. The Kier molecular flexibility index (Phi) is 5.94. The first-order chi connectivity index (χ1) is 13.9. The molecule has 14 heteroatoms. The second-order valence-electron chi connectivity index (χ2n) is 9.06. The summed E-state index contributed by atoms with van der Waals surface area (Å²) < 4.78 is 125. The number of sulfone groups is 2. The molecule has 1 atom stereocenters. The van der Waals surface area contributed by atoms with Crippen molar-refractivity contribution < 1.29 is 52.7 Å². The van der Waals surface area contributed by atoms with Crippen LogP contribution in [-0.4, -0.2) is 44.5 Å². The third-order valence-corrected chi connectivity index (χ3v) is 11.2. The first kappa shape index (κ1) is 24.6. The van der Waals surface area contributed by atoms with Gasteiger partial charge in [0.25, 0.3) is 19.7 Å². The van der Waals surface area contributed by atoms with Gasteiger partial charge in [0.1, 0.15) is 6.10 Å². The Hall–Kier alpha value is -1.05. The highest BCUT2D eigenvalue weighted by Crippen LogP contribution is 2.60. The average molecular weight is 500 g/mol. The molecule has 4 aliphatic rings. The van der Waals surface area contributed by atoms with Crippen LogP contribution >= 0.6 is 0 Å². The lowest BCUT2D eigenvalue weighted by atomic mass is 9.49. The highest BCUT2D eigenvalue weighted by atomic mass is 32.3. The summed E-state index contributed by atoms with van der Waals surface area (Å²) in [7, 11) is -13.5. The van der Waals surface area contributed by atoms with Crippen LogP contribution in [0.3, 0.4) is 0 Å². The molecule has 4 bridgehead atoms. The zero-order chi connectivity index (χ0) is 23.6. The number of esters is 1. The van der Waals surface area contributed by atoms with Crippen LogP contribution in [0.4, 0.5) is 26.3 Å². The predicted octanol–water partition coefficient (Wildman–Crippen LogP) is 3.72. The normalized spacial score (nSPS) is 32.3. The topological polar surface area (TPSA) is 94.6 Å². The molecule has 180 valence electrons. The minimum Gasteiger partial charge on any atom is -0.462 e. The quantitative estimate of drug-likeness (QED) is 0.408. The van der Waals surface area contributed by atoms with E-state index in [1.54, 1.807) is 0 Å². The minimum atomic E-state index is -6.75. The van der Waals surface area contributed by atoms with Crippen molar-refractivity contribution in [2.75, 3.05) is 0 Å². The molecule has 0 amide bonds. The van der Waals surface area contributed by atoms with Crippen LogP contribution in [0.5, 0.6) is 0 Å². The molecule has 0 spiro atoms. The fourth-order valence-corrected chi connectivity index (χ4v) is 9.34. The van der Waals surface area contributed by atoms with Crippen LogP contribution in [-0.2, 0) is 29.2 Å². The Bertz CT molecular complexity index is 858. The van der Waals surface area contributed by atoms with E-state index in [1.807, 2.05) is 0 Å². The van der Waals surface area contributed by atoms with Gasteiger partial charge in [-0.3, -0.25) is 4.79 Å². The predicted molar refractivity (Wildman–Crippen MR) is 94.5 cm³/mol. The van der Waals surface area contributed by atoms with E-state index in [2.05, 4.69) is 0 Å². The number of rotatable bonds is 6. The average Bonchev–Trinajstić information content (AvgIpc) is 2.56. The number of ether oxygens (including phenoxy) is 1. The molecule has 0 aromatic carbocycles. The van der Waals surface area contributed by atoms with Crippen LogP contribution in [0.15, 0.2) is 0 Å². The molecule has 4 fully saturated rings. The van der Waals surface area contributed by atoms with E-state index in [0.717, 1.165) is 26.2 Å². The van der Waals surface area contributed by atoms with Crippen LogP contribution in [0.25, 0.3) is 0 Å². The second kappa shape index (κ2) is 7.49. The zero-order valence-corrected chi connectivity index (χ0v) is 18.0. The number of hydrogen-bond donors (Lipinski definition) is 0. The summed E-state index contributed by atoms with van der Waals surface area (Å²) >= 11 is 0. The fourth-order valence-electron chi connectivity index (χ4n) is 5.71. The summed E-state index contributed by atoms with van der Waals surface area (Å²) in [6, 6.07) is 0. The van der Waals surface area contributed by atoms with E-state index in [-0.39, 0.29) is 17.8 Å². The highest BCUT2D eigenvalue weighted by molar-refractivity contribution is 8.09. The molecule has 0 saturated heterocycles. The maximum absolute atomic E-state index is 12.9. The standard InChI is InChI=1S/C17H22F6O6S2/c1-9(2-13(30(25,26)16(18,19)20)31(27,28)17(21,22)23)29-14(24)15-6-10-3-11(7-15)5-12(4-10)8-15/h9-13H,2-8H2,1H3. The maximum Gasteiger partial charge on any atom is 0.498 e.